The summed E-state index contributed by atoms with van der Waals surface area (Å²) in [5.74, 6) is -0.306. The van der Waals surface area contributed by atoms with E-state index in [2.05, 4.69) is 5.10 Å². The Kier molecular flexibility index (Phi) is 8.83. The molecule has 6 aromatic rings. The number of aryl methyl sites for hydroxylation is 2. The van der Waals surface area contributed by atoms with E-state index in [1.807, 2.05) is 116 Å². The molecule has 0 spiro atoms. The van der Waals surface area contributed by atoms with Gasteiger partial charge in [-0.05, 0) is 114 Å². The molecule has 0 bridgehead atoms. The van der Waals surface area contributed by atoms with Crippen molar-refractivity contribution in [3.8, 4) is 27.4 Å². The van der Waals surface area contributed by atoms with Gasteiger partial charge in [0.05, 0.1) is 38.5 Å². The third-order valence-corrected chi connectivity index (χ3v) is 9.42. The molecular formula is C38H39ClN4O4S. The first-order chi connectivity index (χ1) is 22.6. The molecule has 6 rings (SSSR count). The van der Waals surface area contributed by atoms with Crippen LogP contribution >= 0.6 is 22.9 Å². The zero-order valence-electron chi connectivity index (χ0n) is 28.4. The molecule has 0 unspecified atom stereocenters. The van der Waals surface area contributed by atoms with Crippen LogP contribution in [0.1, 0.15) is 58.8 Å². The second-order valence-corrected chi connectivity index (χ2v) is 15.5. The Balaban J connectivity index is 1.53. The molecule has 0 radical (unpaired) electrons. The van der Waals surface area contributed by atoms with Crippen LogP contribution in [-0.2, 0) is 21.3 Å². The number of aromatic nitrogens is 4. The molecule has 3 aromatic heterocycles. The molecule has 248 valence electrons. The minimum atomic E-state index is -0.664. The normalized spacial score (nSPS) is 12.9. The zero-order valence-corrected chi connectivity index (χ0v) is 30.0. The Morgan fingerprint density at radius 3 is 2.44 bits per heavy atom. The Labute approximate surface area is 288 Å². The van der Waals surface area contributed by atoms with Crippen LogP contribution in [0.2, 0.25) is 5.02 Å². The van der Waals surface area contributed by atoms with Crippen molar-refractivity contribution in [2.45, 2.75) is 60.2 Å². The minimum absolute atomic E-state index is 0.0383. The van der Waals surface area contributed by atoms with Crippen LogP contribution < -0.4 is 5.56 Å². The minimum Gasteiger partial charge on any atom is -0.462 e. The van der Waals surface area contributed by atoms with Crippen molar-refractivity contribution < 1.29 is 14.3 Å². The lowest BCUT2D eigenvalue weighted by atomic mass is 9.91. The molecule has 1 atom stereocenters. The van der Waals surface area contributed by atoms with Crippen LogP contribution in [0.4, 0.5) is 0 Å². The van der Waals surface area contributed by atoms with Gasteiger partial charge in [-0.2, -0.15) is 5.10 Å². The average Bonchev–Trinajstić information content (AvgIpc) is 3.60. The summed E-state index contributed by atoms with van der Waals surface area (Å²) in [5, 5.41) is 6.50. The highest BCUT2D eigenvalue weighted by atomic mass is 35.5. The van der Waals surface area contributed by atoms with E-state index in [9.17, 15) is 9.59 Å². The molecule has 8 nitrogen and oxygen atoms in total. The van der Waals surface area contributed by atoms with Gasteiger partial charge in [0.1, 0.15) is 17.7 Å². The topological polar surface area (TPSA) is 88.2 Å². The maximum absolute atomic E-state index is 14.0. The van der Waals surface area contributed by atoms with Crippen molar-refractivity contribution in [3.05, 3.63) is 99.6 Å². The van der Waals surface area contributed by atoms with Gasteiger partial charge >= 0.3 is 5.97 Å². The number of nitrogens with zero attached hydrogens (tertiary/aromatic N) is 4. The molecular weight excluding hydrogens is 644 g/mol. The summed E-state index contributed by atoms with van der Waals surface area (Å²) < 4.78 is 16.8. The molecule has 0 saturated carbocycles. The van der Waals surface area contributed by atoms with E-state index in [-0.39, 0.29) is 18.1 Å². The van der Waals surface area contributed by atoms with Crippen molar-refractivity contribution >= 4 is 50.0 Å². The summed E-state index contributed by atoms with van der Waals surface area (Å²) in [4.78, 5) is 32.0. The monoisotopic (exact) mass is 682 g/mol. The molecule has 0 aliphatic rings. The third-order valence-electron chi connectivity index (χ3n) is 8.04. The van der Waals surface area contributed by atoms with Crippen LogP contribution in [-0.4, -0.2) is 37.5 Å². The van der Waals surface area contributed by atoms with Crippen LogP contribution in [0.15, 0.2) is 77.9 Å². The highest BCUT2D eigenvalue weighted by molar-refractivity contribution is 7.22. The number of carbonyl (C=O) groups excluding carboxylic acids is 1. The number of halogens is 1. The van der Waals surface area contributed by atoms with Crippen molar-refractivity contribution in [2.75, 3.05) is 6.61 Å². The summed E-state index contributed by atoms with van der Waals surface area (Å²) in [5.41, 5.74) is 5.26. The van der Waals surface area contributed by atoms with Gasteiger partial charge in [-0.25, -0.2) is 4.98 Å². The van der Waals surface area contributed by atoms with Gasteiger partial charge in [-0.1, -0.05) is 23.7 Å². The maximum Gasteiger partial charge on any atom is 0.311 e. The van der Waals surface area contributed by atoms with E-state index < -0.39 is 17.1 Å². The third kappa shape index (κ3) is 6.67. The van der Waals surface area contributed by atoms with Crippen molar-refractivity contribution in [1.29, 1.82) is 0 Å². The Morgan fingerprint density at radius 2 is 1.75 bits per heavy atom. The number of esters is 1. The number of thiazole rings is 1. The molecule has 3 heterocycles. The number of hydrogen-bond donors (Lipinski definition) is 0. The maximum atomic E-state index is 14.0. The molecule has 0 aliphatic heterocycles. The van der Waals surface area contributed by atoms with E-state index in [1.54, 1.807) is 21.6 Å². The Hall–Kier alpha value is -4.31. The van der Waals surface area contributed by atoms with Gasteiger partial charge in [-0.15, -0.1) is 11.3 Å². The quantitative estimate of drug-likeness (QED) is 0.156. The number of hydrogen-bond acceptors (Lipinski definition) is 7. The van der Waals surface area contributed by atoms with Gasteiger partial charge in [0, 0.05) is 34.9 Å². The van der Waals surface area contributed by atoms with E-state index in [1.165, 1.54) is 11.3 Å². The number of ether oxygens (including phenoxy) is 2. The lowest BCUT2D eigenvalue weighted by Crippen LogP contribution is -2.30. The standard InChI is InChI=1S/C38H39ClN4O4S/c1-22-18-28-33(48-34(41-28)27-10-9-17-43(35(27)44)26-15-16-29-24(19-26)20-40-42(29)8)32(23-11-13-25(39)14-12-23)31(22)30(47-38(5,6)7)21-46-36(45)37(2,3)4/h9-20,30H,21H2,1-8H3/t30-/m0/s1. The summed E-state index contributed by atoms with van der Waals surface area (Å²) in [6.45, 7) is 13.5. The molecule has 0 amide bonds. The summed E-state index contributed by atoms with van der Waals surface area (Å²) in [6.07, 6.45) is 2.99. The first-order valence-corrected chi connectivity index (χ1v) is 17.0. The van der Waals surface area contributed by atoms with Crippen LogP contribution in [0.3, 0.4) is 0 Å². The predicted molar refractivity (Wildman–Crippen MR) is 194 cm³/mol. The van der Waals surface area contributed by atoms with Gasteiger partial charge in [0.15, 0.2) is 0 Å². The molecule has 0 fully saturated rings. The number of benzene rings is 3. The second-order valence-electron chi connectivity index (χ2n) is 14.0. The van der Waals surface area contributed by atoms with Crippen molar-refractivity contribution in [3.63, 3.8) is 0 Å². The van der Waals surface area contributed by atoms with Crippen LogP contribution in [0.5, 0.6) is 0 Å². The number of fused-ring (bicyclic) bond motifs is 2. The molecule has 0 N–H and O–H groups in total. The summed E-state index contributed by atoms with van der Waals surface area (Å²) in [7, 11) is 1.89. The number of pyridine rings is 1. The Bertz CT molecular complexity index is 2220. The highest BCUT2D eigenvalue weighted by Gasteiger charge is 2.31. The molecule has 0 aliphatic carbocycles. The molecule has 10 heteroatoms. The average molecular weight is 683 g/mol. The van der Waals surface area contributed by atoms with Gasteiger partial charge in [-0.3, -0.25) is 18.8 Å². The van der Waals surface area contributed by atoms with E-state index in [0.29, 0.717) is 15.6 Å². The van der Waals surface area contributed by atoms with Crippen molar-refractivity contribution in [1.82, 2.24) is 19.3 Å². The molecule has 48 heavy (non-hydrogen) atoms. The van der Waals surface area contributed by atoms with Crippen molar-refractivity contribution in [2.24, 2.45) is 12.5 Å². The van der Waals surface area contributed by atoms with Gasteiger partial charge in [0.2, 0.25) is 0 Å². The first-order valence-electron chi connectivity index (χ1n) is 15.8. The molecule has 0 saturated heterocycles. The first kappa shape index (κ1) is 33.6. The highest BCUT2D eigenvalue weighted by Crippen LogP contribution is 2.44. The summed E-state index contributed by atoms with van der Waals surface area (Å²) >= 11 is 7.78. The SMILES string of the molecule is Cc1cc2nc(-c3cccn(-c4ccc5c(cnn5C)c4)c3=O)sc2c(-c2ccc(Cl)cc2)c1[C@H](COC(=O)C(C)(C)C)OC(C)(C)C. The molecule has 3 aromatic carbocycles. The largest absolute Gasteiger partial charge is 0.462 e. The number of carbonyl (C=O) groups is 1. The van der Waals surface area contributed by atoms with E-state index in [4.69, 9.17) is 26.1 Å². The fraction of sp³-hybridized carbons (Fsp3) is 0.316. The zero-order chi connectivity index (χ0) is 34.5. The summed E-state index contributed by atoms with van der Waals surface area (Å²) in [6, 6.07) is 19.2. The number of rotatable bonds is 7. The van der Waals surface area contributed by atoms with E-state index in [0.717, 1.165) is 49.1 Å². The predicted octanol–water partition coefficient (Wildman–Crippen LogP) is 9.08. The Morgan fingerprint density at radius 1 is 1.02 bits per heavy atom. The van der Waals surface area contributed by atoms with Crippen LogP contribution in [0, 0.1) is 12.3 Å². The van der Waals surface area contributed by atoms with Gasteiger partial charge in [0.25, 0.3) is 5.56 Å². The van der Waals surface area contributed by atoms with Gasteiger partial charge < -0.3 is 9.47 Å². The van der Waals surface area contributed by atoms with Crippen LogP contribution in [0.25, 0.3) is 48.5 Å². The fourth-order valence-electron chi connectivity index (χ4n) is 5.78. The smallest absolute Gasteiger partial charge is 0.311 e. The second kappa shape index (κ2) is 12.6. The van der Waals surface area contributed by atoms with E-state index >= 15 is 0 Å². The lowest BCUT2D eigenvalue weighted by Gasteiger charge is -2.31. The lowest BCUT2D eigenvalue weighted by molar-refractivity contribution is -0.162. The fourth-order valence-corrected chi connectivity index (χ4v) is 7.04.